The quantitative estimate of drug-likeness (QED) is 0.587. The van der Waals surface area contributed by atoms with Crippen LogP contribution in [0.25, 0.3) is 0 Å². The monoisotopic (exact) mass is 426 g/mol. The highest BCUT2D eigenvalue weighted by Gasteiger charge is 2.29. The number of hydrogen-bond donors (Lipinski definition) is 2. The predicted octanol–water partition coefficient (Wildman–Crippen LogP) is 5.98. The van der Waals surface area contributed by atoms with Gasteiger partial charge in [0, 0.05) is 24.4 Å². The Bertz CT molecular complexity index is 842. The van der Waals surface area contributed by atoms with Crippen molar-refractivity contribution in [3.63, 3.8) is 0 Å². The van der Waals surface area contributed by atoms with E-state index in [2.05, 4.69) is 43.4 Å². The van der Waals surface area contributed by atoms with Crippen molar-refractivity contribution in [1.82, 2.24) is 4.90 Å². The number of carbonyl (C=O) groups is 1. The molecule has 0 bridgehead atoms. The third kappa shape index (κ3) is 5.91. The van der Waals surface area contributed by atoms with Crippen molar-refractivity contribution in [2.24, 2.45) is 0 Å². The molecule has 1 aromatic rings. The van der Waals surface area contributed by atoms with Gasteiger partial charge in [0.1, 0.15) is 5.60 Å². The molecule has 0 unspecified atom stereocenters. The summed E-state index contributed by atoms with van der Waals surface area (Å²) in [5, 5.41) is 13.7. The molecule has 1 aliphatic heterocycles. The van der Waals surface area contributed by atoms with Gasteiger partial charge in [-0.15, -0.1) is 0 Å². The van der Waals surface area contributed by atoms with Crippen LogP contribution in [-0.2, 0) is 4.74 Å². The first-order valence-electron chi connectivity index (χ1n) is 11.6. The number of carbonyl (C=O) groups excluding carboxylic acids is 1. The van der Waals surface area contributed by atoms with Gasteiger partial charge in [0.25, 0.3) is 0 Å². The molecule has 0 atom stereocenters. The fraction of sp³-hybridized carbons (Fsp3) is 0.577. The highest BCUT2D eigenvalue weighted by molar-refractivity contribution is 5.70. The predicted molar refractivity (Wildman–Crippen MR) is 126 cm³/mol. The Morgan fingerprint density at radius 3 is 2.42 bits per heavy atom. The lowest BCUT2D eigenvalue weighted by Gasteiger charge is -2.34. The largest absolute Gasteiger partial charge is 0.444 e. The van der Waals surface area contributed by atoms with E-state index in [1.165, 1.54) is 24.8 Å². The average molecular weight is 427 g/mol. The minimum Gasteiger partial charge on any atom is -0.444 e. The van der Waals surface area contributed by atoms with E-state index < -0.39 is 5.60 Å². The molecule has 1 aromatic carbocycles. The number of hydrogen-bond acceptors (Lipinski definition) is 4. The molecule has 0 aromatic heterocycles. The van der Waals surface area contributed by atoms with E-state index >= 15 is 0 Å². The molecule has 3 rings (SSSR count). The van der Waals surface area contributed by atoms with Crippen molar-refractivity contribution in [2.45, 2.75) is 78.2 Å². The second kappa shape index (κ2) is 9.90. The molecule has 31 heavy (non-hydrogen) atoms. The molecular weight excluding hydrogens is 388 g/mol. The summed E-state index contributed by atoms with van der Waals surface area (Å²) in [6.07, 6.45) is 5.17. The van der Waals surface area contributed by atoms with Gasteiger partial charge in [-0.2, -0.15) is 0 Å². The second-order valence-electron chi connectivity index (χ2n) is 9.75. The molecule has 2 aliphatic rings. The minimum absolute atomic E-state index is 0.0387. The van der Waals surface area contributed by atoms with Crippen LogP contribution in [-0.4, -0.2) is 41.4 Å². The van der Waals surface area contributed by atoms with Gasteiger partial charge < -0.3 is 20.1 Å². The average Bonchev–Trinajstić information content (AvgIpc) is 2.68. The van der Waals surface area contributed by atoms with Gasteiger partial charge in [-0.1, -0.05) is 31.1 Å². The van der Waals surface area contributed by atoms with E-state index in [4.69, 9.17) is 4.74 Å². The van der Waals surface area contributed by atoms with E-state index in [0.29, 0.717) is 19.5 Å². The van der Waals surface area contributed by atoms with Gasteiger partial charge in [-0.25, -0.2) is 4.79 Å². The number of rotatable bonds is 6. The molecule has 0 radical (unpaired) electrons. The first kappa shape index (κ1) is 23.4. The van der Waals surface area contributed by atoms with Crippen LogP contribution in [0.5, 0.6) is 0 Å². The third-order valence-electron chi connectivity index (χ3n) is 6.35. The summed E-state index contributed by atoms with van der Waals surface area (Å²) in [6.45, 7) is 10.8. The summed E-state index contributed by atoms with van der Waals surface area (Å²) in [6, 6.07) is 8.74. The molecule has 1 amide bonds. The Morgan fingerprint density at radius 2 is 1.90 bits per heavy atom. The third-order valence-corrected chi connectivity index (χ3v) is 6.35. The minimum atomic E-state index is -0.531. The summed E-state index contributed by atoms with van der Waals surface area (Å²) < 4.78 is 5.60. The zero-order valence-corrected chi connectivity index (χ0v) is 19.8. The summed E-state index contributed by atoms with van der Waals surface area (Å²) in [5.41, 5.74) is 6.08. The number of nitrogens with one attached hydrogen (secondary N) is 1. The first-order chi connectivity index (χ1) is 14.7. The number of aliphatic hydroxyl groups is 1. The summed E-state index contributed by atoms with van der Waals surface area (Å²) in [4.78, 5) is 14.4. The Kier molecular flexibility index (Phi) is 7.47. The number of anilines is 1. The van der Waals surface area contributed by atoms with Crippen molar-refractivity contribution in [2.75, 3.05) is 25.0 Å². The summed E-state index contributed by atoms with van der Waals surface area (Å²) >= 11 is 0. The van der Waals surface area contributed by atoms with E-state index in [9.17, 15) is 9.90 Å². The van der Waals surface area contributed by atoms with Gasteiger partial charge in [-0.05, 0) is 81.7 Å². The van der Waals surface area contributed by atoms with Crippen LogP contribution in [0.2, 0.25) is 0 Å². The van der Waals surface area contributed by atoms with Crippen LogP contribution in [0, 0.1) is 0 Å². The number of nitrogens with zero attached hydrogens (tertiary/aromatic N) is 1. The maximum atomic E-state index is 12.7. The maximum absolute atomic E-state index is 12.7. The van der Waals surface area contributed by atoms with Crippen LogP contribution in [0.3, 0.4) is 0 Å². The van der Waals surface area contributed by atoms with Crippen LogP contribution >= 0.6 is 0 Å². The lowest BCUT2D eigenvalue weighted by Crippen LogP contribution is -2.42. The molecule has 170 valence electrons. The van der Waals surface area contributed by atoms with Gasteiger partial charge in [0.15, 0.2) is 0 Å². The van der Waals surface area contributed by atoms with Gasteiger partial charge in [0.05, 0.1) is 13.2 Å². The molecule has 1 heterocycles. The fourth-order valence-corrected chi connectivity index (χ4v) is 4.12. The lowest BCUT2D eigenvalue weighted by molar-refractivity contribution is 0.0260. The molecule has 1 aliphatic carbocycles. The number of allylic oxidation sites excluding steroid dienone is 1. The molecule has 5 nitrogen and oxygen atoms in total. The van der Waals surface area contributed by atoms with Crippen LogP contribution < -0.4 is 5.32 Å². The first-order valence-corrected chi connectivity index (χ1v) is 11.6. The molecule has 2 N–H and O–H groups in total. The zero-order valence-electron chi connectivity index (χ0n) is 19.8. The summed E-state index contributed by atoms with van der Waals surface area (Å²) in [5.74, 6) is 0.719. The van der Waals surface area contributed by atoms with Crippen molar-refractivity contribution in [1.29, 1.82) is 0 Å². The molecule has 0 saturated heterocycles. The summed E-state index contributed by atoms with van der Waals surface area (Å²) in [7, 11) is 0. The Balaban J connectivity index is 1.85. The molecule has 5 heteroatoms. The van der Waals surface area contributed by atoms with E-state index in [-0.39, 0.29) is 12.7 Å². The lowest BCUT2D eigenvalue weighted by atomic mass is 9.80. The number of aliphatic hydroxyl groups excluding tert-OH is 1. The second-order valence-corrected chi connectivity index (χ2v) is 9.75. The number of amides is 1. The topological polar surface area (TPSA) is 61.8 Å². The SMILES string of the molecule is CCC(C)=C(CO)C1=C(Nc2ccc(C3CCC3)cc2)CCN(C(=O)OC(C)(C)C)C1. The molecular formula is C26H38N2O3. The Morgan fingerprint density at radius 1 is 1.23 bits per heavy atom. The van der Waals surface area contributed by atoms with Crippen LogP contribution in [0.1, 0.15) is 78.2 Å². The Hall–Kier alpha value is -2.27. The van der Waals surface area contributed by atoms with Crippen molar-refractivity contribution in [3.8, 4) is 0 Å². The zero-order chi connectivity index (χ0) is 22.6. The normalized spacial score (nSPS) is 18.5. The highest BCUT2D eigenvalue weighted by atomic mass is 16.6. The van der Waals surface area contributed by atoms with Gasteiger partial charge >= 0.3 is 6.09 Å². The molecule has 0 spiro atoms. The van der Waals surface area contributed by atoms with Crippen LogP contribution in [0.4, 0.5) is 10.5 Å². The molecule has 1 fully saturated rings. The number of ether oxygens (including phenoxy) is 1. The van der Waals surface area contributed by atoms with Gasteiger partial charge in [0.2, 0.25) is 0 Å². The van der Waals surface area contributed by atoms with E-state index in [1.54, 1.807) is 4.90 Å². The standard InChI is InChI=1S/C26H38N2O3/c1-6-18(2)23(17-29)22-16-28(25(30)31-26(3,4)5)15-14-24(22)27-21-12-10-20(11-13-21)19-8-7-9-19/h10-13,19,27,29H,6-9,14-17H2,1-5H3. The maximum Gasteiger partial charge on any atom is 0.410 e. The van der Waals surface area contributed by atoms with E-state index in [0.717, 1.165) is 40.4 Å². The van der Waals surface area contributed by atoms with Gasteiger partial charge in [-0.3, -0.25) is 0 Å². The highest BCUT2D eigenvalue weighted by Crippen LogP contribution is 2.37. The van der Waals surface area contributed by atoms with Crippen molar-refractivity contribution in [3.05, 3.63) is 52.2 Å². The Labute approximate surface area is 187 Å². The van der Waals surface area contributed by atoms with Crippen molar-refractivity contribution < 1.29 is 14.6 Å². The number of benzene rings is 1. The van der Waals surface area contributed by atoms with Crippen molar-refractivity contribution >= 4 is 11.8 Å². The van der Waals surface area contributed by atoms with Crippen LogP contribution in [0.15, 0.2) is 46.7 Å². The van der Waals surface area contributed by atoms with E-state index in [1.807, 2.05) is 20.8 Å². The molecule has 1 saturated carbocycles. The fourth-order valence-electron chi connectivity index (χ4n) is 4.12. The smallest absolute Gasteiger partial charge is 0.410 e.